The second-order valence-corrected chi connectivity index (χ2v) is 6.67. The van der Waals surface area contributed by atoms with Gasteiger partial charge in [0.1, 0.15) is 0 Å². The highest BCUT2D eigenvalue weighted by Gasteiger charge is 2.44. The van der Waals surface area contributed by atoms with Gasteiger partial charge in [0.25, 0.3) is 0 Å². The number of hydrogen-bond acceptors (Lipinski definition) is 3. The Bertz CT molecular complexity index is 286. The first kappa shape index (κ1) is 13.2. The van der Waals surface area contributed by atoms with Crippen LogP contribution >= 0.6 is 11.8 Å². The van der Waals surface area contributed by atoms with Crippen LogP contribution in [-0.4, -0.2) is 40.6 Å². The van der Waals surface area contributed by atoms with E-state index in [0.717, 1.165) is 19.4 Å². The van der Waals surface area contributed by atoms with Gasteiger partial charge >= 0.3 is 0 Å². The Kier molecular flexibility index (Phi) is 4.03. The van der Waals surface area contributed by atoms with Crippen LogP contribution in [0.25, 0.3) is 0 Å². The Morgan fingerprint density at radius 1 is 1.53 bits per heavy atom. The van der Waals surface area contributed by atoms with Crippen molar-refractivity contribution in [1.29, 1.82) is 0 Å². The van der Waals surface area contributed by atoms with Crippen LogP contribution < -0.4 is 5.32 Å². The fraction of sp³-hybridized carbons (Fsp3) is 0.923. The molecule has 17 heavy (non-hydrogen) atoms. The van der Waals surface area contributed by atoms with Gasteiger partial charge in [-0.25, -0.2) is 0 Å². The number of thioether (sulfide) groups is 1. The zero-order chi connectivity index (χ0) is 12.5. The highest BCUT2D eigenvalue weighted by atomic mass is 32.2. The first-order valence-electron chi connectivity index (χ1n) is 6.73. The van der Waals surface area contributed by atoms with E-state index in [2.05, 4.69) is 23.4 Å². The number of carbonyl (C=O) groups is 1. The van der Waals surface area contributed by atoms with Crippen molar-refractivity contribution in [3.63, 3.8) is 0 Å². The number of nitrogens with zero attached hydrogens (tertiary/aromatic N) is 1. The monoisotopic (exact) mass is 256 g/mol. The van der Waals surface area contributed by atoms with Crippen molar-refractivity contribution in [2.75, 3.05) is 12.8 Å². The number of nitrogens with one attached hydrogen (secondary N) is 1. The summed E-state index contributed by atoms with van der Waals surface area (Å²) < 4.78 is 0.355. The molecule has 1 saturated heterocycles. The van der Waals surface area contributed by atoms with Crippen molar-refractivity contribution in [3.05, 3.63) is 0 Å². The summed E-state index contributed by atoms with van der Waals surface area (Å²) in [6.07, 6.45) is 8.51. The maximum absolute atomic E-state index is 12.2. The summed E-state index contributed by atoms with van der Waals surface area (Å²) >= 11 is 1.95. The summed E-state index contributed by atoms with van der Waals surface area (Å²) in [6, 6.07) is 0.00512. The molecule has 1 amide bonds. The Balaban J connectivity index is 2.03. The topological polar surface area (TPSA) is 32.3 Å². The molecule has 2 unspecified atom stereocenters. The molecule has 1 aliphatic carbocycles. The molecule has 2 fully saturated rings. The molecule has 0 aromatic rings. The minimum atomic E-state index is 0.00512. The highest BCUT2D eigenvalue weighted by Crippen LogP contribution is 2.44. The van der Waals surface area contributed by atoms with E-state index in [0.29, 0.717) is 10.7 Å². The van der Waals surface area contributed by atoms with Crippen LogP contribution in [-0.2, 0) is 4.79 Å². The molecule has 1 aliphatic heterocycles. The minimum absolute atomic E-state index is 0.00512. The summed E-state index contributed by atoms with van der Waals surface area (Å²) in [5, 5.41) is 3.42. The molecule has 0 spiro atoms. The van der Waals surface area contributed by atoms with Crippen LogP contribution in [0.3, 0.4) is 0 Å². The van der Waals surface area contributed by atoms with Gasteiger partial charge < -0.3 is 4.90 Å². The third-order valence-electron chi connectivity index (χ3n) is 4.19. The molecule has 2 rings (SSSR count). The average molecular weight is 256 g/mol. The van der Waals surface area contributed by atoms with E-state index >= 15 is 0 Å². The van der Waals surface area contributed by atoms with E-state index in [1.165, 1.54) is 19.3 Å². The van der Waals surface area contributed by atoms with Crippen molar-refractivity contribution in [3.8, 4) is 0 Å². The second kappa shape index (κ2) is 5.19. The van der Waals surface area contributed by atoms with Crippen LogP contribution in [0.15, 0.2) is 0 Å². The lowest BCUT2D eigenvalue weighted by molar-refractivity contribution is -0.130. The second-order valence-electron chi connectivity index (χ2n) is 5.40. The van der Waals surface area contributed by atoms with E-state index in [4.69, 9.17) is 0 Å². The van der Waals surface area contributed by atoms with Gasteiger partial charge in [0.2, 0.25) is 5.91 Å². The zero-order valence-electron chi connectivity index (χ0n) is 11.2. The molecule has 1 N–H and O–H groups in total. The van der Waals surface area contributed by atoms with Gasteiger partial charge in [-0.05, 0) is 32.4 Å². The van der Waals surface area contributed by atoms with Gasteiger partial charge in [-0.15, -0.1) is 0 Å². The Morgan fingerprint density at radius 2 is 2.24 bits per heavy atom. The van der Waals surface area contributed by atoms with Crippen molar-refractivity contribution >= 4 is 17.7 Å². The maximum atomic E-state index is 12.2. The lowest BCUT2D eigenvalue weighted by Gasteiger charge is -2.44. The normalized spacial score (nSPS) is 31.7. The van der Waals surface area contributed by atoms with Gasteiger partial charge in [0, 0.05) is 11.3 Å². The highest BCUT2D eigenvalue weighted by molar-refractivity contribution is 8.00. The molecule has 0 aromatic heterocycles. The molecule has 2 aliphatic rings. The van der Waals surface area contributed by atoms with Gasteiger partial charge in [0.15, 0.2) is 0 Å². The van der Waals surface area contributed by atoms with Crippen molar-refractivity contribution in [2.24, 2.45) is 0 Å². The lowest BCUT2D eigenvalue weighted by atomic mass is 9.83. The standard InChI is InChI=1S/C13H24N2OS/c1-4-6-11-14-10(2)12(16)15(11)9-13(17-3)7-5-8-13/h10-11,14H,4-9H2,1-3H3. The van der Waals surface area contributed by atoms with Gasteiger partial charge in [-0.3, -0.25) is 10.1 Å². The predicted molar refractivity (Wildman–Crippen MR) is 73.1 cm³/mol. The zero-order valence-corrected chi connectivity index (χ0v) is 12.0. The molecule has 0 radical (unpaired) electrons. The number of hydrogen-bond donors (Lipinski definition) is 1. The van der Waals surface area contributed by atoms with Crippen LogP contribution in [0.5, 0.6) is 0 Å². The third-order valence-corrected chi connectivity index (χ3v) is 5.59. The van der Waals surface area contributed by atoms with E-state index < -0.39 is 0 Å². The molecule has 4 heteroatoms. The molecular weight excluding hydrogens is 232 g/mol. The Hall–Kier alpha value is -0.220. The Morgan fingerprint density at radius 3 is 2.71 bits per heavy atom. The van der Waals surface area contributed by atoms with Crippen molar-refractivity contribution in [1.82, 2.24) is 10.2 Å². The smallest absolute Gasteiger partial charge is 0.240 e. The summed E-state index contributed by atoms with van der Waals surface area (Å²) in [6.45, 7) is 5.10. The molecular formula is C13H24N2OS. The lowest BCUT2D eigenvalue weighted by Crippen LogP contribution is -2.49. The maximum Gasteiger partial charge on any atom is 0.240 e. The SMILES string of the molecule is CCCC1NC(C)C(=O)N1CC1(SC)CCC1. The fourth-order valence-electron chi connectivity index (χ4n) is 2.86. The largest absolute Gasteiger partial charge is 0.324 e. The molecule has 1 saturated carbocycles. The summed E-state index contributed by atoms with van der Waals surface area (Å²) in [7, 11) is 0. The van der Waals surface area contributed by atoms with Gasteiger partial charge in [-0.1, -0.05) is 19.8 Å². The summed E-state index contributed by atoms with van der Waals surface area (Å²) in [4.78, 5) is 14.3. The average Bonchev–Trinajstić information content (AvgIpc) is 2.51. The summed E-state index contributed by atoms with van der Waals surface area (Å²) in [5.41, 5.74) is 0. The minimum Gasteiger partial charge on any atom is -0.324 e. The van der Waals surface area contributed by atoms with Gasteiger partial charge in [0.05, 0.1) is 12.2 Å². The fourth-order valence-corrected chi connectivity index (χ4v) is 3.83. The molecule has 0 aromatic carbocycles. The first-order valence-corrected chi connectivity index (χ1v) is 7.96. The van der Waals surface area contributed by atoms with Crippen LogP contribution in [0, 0.1) is 0 Å². The van der Waals surface area contributed by atoms with E-state index in [-0.39, 0.29) is 12.2 Å². The first-order chi connectivity index (χ1) is 8.12. The molecule has 0 bridgehead atoms. The number of rotatable bonds is 5. The predicted octanol–water partition coefficient (Wildman–Crippen LogP) is 2.22. The van der Waals surface area contributed by atoms with Gasteiger partial charge in [-0.2, -0.15) is 11.8 Å². The van der Waals surface area contributed by atoms with Crippen LogP contribution in [0.2, 0.25) is 0 Å². The van der Waals surface area contributed by atoms with E-state index in [1.807, 2.05) is 18.7 Å². The summed E-state index contributed by atoms with van der Waals surface area (Å²) in [5.74, 6) is 0.295. The molecule has 1 heterocycles. The van der Waals surface area contributed by atoms with Crippen molar-refractivity contribution in [2.45, 2.75) is 62.9 Å². The number of amides is 1. The van der Waals surface area contributed by atoms with E-state index in [1.54, 1.807) is 0 Å². The Labute approximate surface area is 109 Å². The van der Waals surface area contributed by atoms with Crippen molar-refractivity contribution < 1.29 is 4.79 Å². The molecule has 3 nitrogen and oxygen atoms in total. The number of carbonyl (C=O) groups excluding carboxylic acids is 1. The molecule has 98 valence electrons. The van der Waals surface area contributed by atoms with Crippen LogP contribution in [0.4, 0.5) is 0 Å². The third kappa shape index (κ3) is 2.48. The molecule has 2 atom stereocenters. The van der Waals surface area contributed by atoms with Crippen LogP contribution in [0.1, 0.15) is 46.0 Å². The van der Waals surface area contributed by atoms with E-state index in [9.17, 15) is 4.79 Å². The quantitative estimate of drug-likeness (QED) is 0.818.